The number of rotatable bonds is 4. The molecule has 0 aromatic heterocycles. The van der Waals surface area contributed by atoms with E-state index in [1.807, 2.05) is 19.0 Å². The molecule has 0 aromatic rings. The number of ether oxygens (including phenoxy) is 1. The quantitative estimate of drug-likeness (QED) is 0.684. The van der Waals surface area contributed by atoms with Crippen LogP contribution in [0.25, 0.3) is 0 Å². The molecule has 0 saturated carbocycles. The second-order valence-electron chi connectivity index (χ2n) is 3.96. The van der Waals surface area contributed by atoms with E-state index >= 15 is 0 Å². The van der Waals surface area contributed by atoms with Crippen LogP contribution in [0.15, 0.2) is 0 Å². The fraction of sp³-hybridized carbons (Fsp3) is 0.889. The summed E-state index contributed by atoms with van der Waals surface area (Å²) in [6.45, 7) is 0.380. The Balaban J connectivity index is 2.24. The van der Waals surface area contributed by atoms with Crippen molar-refractivity contribution in [2.24, 2.45) is 0 Å². The van der Waals surface area contributed by atoms with Crippen LogP contribution in [-0.2, 0) is 9.53 Å². The molecular weight excluding hydrogens is 206 g/mol. The van der Waals surface area contributed by atoms with Crippen LogP contribution in [0.2, 0.25) is 0 Å². The number of carbonyl (C=O) groups excluding carboxylic acids is 1. The van der Waals surface area contributed by atoms with Crippen LogP contribution in [0.4, 0.5) is 8.78 Å². The summed E-state index contributed by atoms with van der Waals surface area (Å²) >= 11 is 0. The smallest absolute Gasteiger partial charge is 0.323 e. The lowest BCUT2D eigenvalue weighted by atomic mass is 10.2. The van der Waals surface area contributed by atoms with Crippen LogP contribution in [0.3, 0.4) is 0 Å². The van der Waals surface area contributed by atoms with E-state index in [2.05, 4.69) is 5.32 Å². The molecule has 1 aliphatic rings. The molecule has 1 heterocycles. The summed E-state index contributed by atoms with van der Waals surface area (Å²) in [5.74, 6) is -3.38. The summed E-state index contributed by atoms with van der Waals surface area (Å²) in [4.78, 5) is 13.1. The van der Waals surface area contributed by atoms with E-state index in [0.29, 0.717) is 6.54 Å². The largest absolute Gasteiger partial charge is 0.463 e. The number of nitrogens with one attached hydrogen (secondary N) is 1. The number of hydrogen-bond donors (Lipinski definition) is 1. The lowest BCUT2D eigenvalue weighted by Gasteiger charge is -2.12. The highest BCUT2D eigenvalue weighted by Crippen LogP contribution is 2.25. The Labute approximate surface area is 87.6 Å². The number of alkyl halides is 2. The third-order valence-electron chi connectivity index (χ3n) is 2.18. The van der Waals surface area contributed by atoms with Crippen molar-refractivity contribution < 1.29 is 18.3 Å². The molecule has 0 bridgehead atoms. The number of esters is 1. The van der Waals surface area contributed by atoms with E-state index in [1.165, 1.54) is 0 Å². The summed E-state index contributed by atoms with van der Waals surface area (Å²) in [6, 6.07) is -0.859. The number of nitrogens with zero attached hydrogens (tertiary/aromatic N) is 1. The molecule has 4 nitrogen and oxygen atoms in total. The molecule has 0 spiro atoms. The predicted octanol–water partition coefficient (Wildman–Crippen LogP) is 0.0884. The highest BCUT2D eigenvalue weighted by atomic mass is 19.3. The van der Waals surface area contributed by atoms with Crippen molar-refractivity contribution in [3.63, 3.8) is 0 Å². The number of carbonyl (C=O) groups is 1. The first-order valence-electron chi connectivity index (χ1n) is 4.83. The highest BCUT2D eigenvalue weighted by molar-refractivity contribution is 5.76. The monoisotopic (exact) mass is 222 g/mol. The first-order valence-corrected chi connectivity index (χ1v) is 4.83. The lowest BCUT2D eigenvalue weighted by Crippen LogP contribution is -2.33. The molecule has 1 saturated heterocycles. The number of hydrogen-bond acceptors (Lipinski definition) is 4. The molecule has 15 heavy (non-hydrogen) atoms. The fourth-order valence-electron chi connectivity index (χ4n) is 1.31. The van der Waals surface area contributed by atoms with Crippen molar-refractivity contribution >= 4 is 5.97 Å². The molecule has 0 aliphatic carbocycles. The van der Waals surface area contributed by atoms with E-state index in [0.717, 1.165) is 0 Å². The van der Waals surface area contributed by atoms with E-state index in [9.17, 15) is 13.6 Å². The van der Waals surface area contributed by atoms with Gasteiger partial charge in [0.1, 0.15) is 12.6 Å². The lowest BCUT2D eigenvalue weighted by molar-refractivity contribution is -0.146. The van der Waals surface area contributed by atoms with Crippen molar-refractivity contribution in [2.75, 3.05) is 33.8 Å². The van der Waals surface area contributed by atoms with Gasteiger partial charge in [-0.3, -0.25) is 10.1 Å². The van der Waals surface area contributed by atoms with Crippen molar-refractivity contribution in [1.29, 1.82) is 0 Å². The minimum atomic E-state index is -2.79. The Bertz CT molecular complexity index is 234. The van der Waals surface area contributed by atoms with E-state index < -0.39 is 30.9 Å². The Kier molecular flexibility index (Phi) is 3.98. The summed E-state index contributed by atoms with van der Waals surface area (Å²) in [6.07, 6.45) is -0.464. The van der Waals surface area contributed by atoms with Crippen LogP contribution >= 0.6 is 0 Å². The first-order chi connectivity index (χ1) is 6.91. The van der Waals surface area contributed by atoms with Crippen molar-refractivity contribution in [2.45, 2.75) is 18.4 Å². The molecule has 0 radical (unpaired) electrons. The van der Waals surface area contributed by atoms with Gasteiger partial charge in [-0.25, -0.2) is 8.78 Å². The Morgan fingerprint density at radius 1 is 1.60 bits per heavy atom. The normalized spacial score (nSPS) is 24.5. The number of halogens is 2. The average Bonchev–Trinajstić information content (AvgIpc) is 2.45. The summed E-state index contributed by atoms with van der Waals surface area (Å²) in [5.41, 5.74) is 0. The second kappa shape index (κ2) is 4.85. The molecule has 0 aromatic carbocycles. The SMILES string of the molecule is CN(C)CCOC(=O)[C@@H]1CC(F)(F)CN1. The fourth-order valence-corrected chi connectivity index (χ4v) is 1.31. The third kappa shape index (κ3) is 4.09. The third-order valence-corrected chi connectivity index (χ3v) is 2.18. The van der Waals surface area contributed by atoms with Gasteiger partial charge in [-0.15, -0.1) is 0 Å². The van der Waals surface area contributed by atoms with E-state index in [-0.39, 0.29) is 6.61 Å². The summed E-state index contributed by atoms with van der Waals surface area (Å²) in [7, 11) is 3.69. The van der Waals surface area contributed by atoms with E-state index in [4.69, 9.17) is 4.74 Å². The van der Waals surface area contributed by atoms with Crippen molar-refractivity contribution in [3.8, 4) is 0 Å². The van der Waals surface area contributed by atoms with Gasteiger partial charge in [0.25, 0.3) is 5.92 Å². The van der Waals surface area contributed by atoms with Crippen LogP contribution in [0, 0.1) is 0 Å². The maximum absolute atomic E-state index is 12.7. The van der Waals surface area contributed by atoms with Gasteiger partial charge in [-0.05, 0) is 14.1 Å². The van der Waals surface area contributed by atoms with Gasteiger partial charge in [0.05, 0.1) is 6.54 Å². The first kappa shape index (κ1) is 12.3. The van der Waals surface area contributed by atoms with Gasteiger partial charge in [0.15, 0.2) is 0 Å². The zero-order valence-corrected chi connectivity index (χ0v) is 8.93. The molecule has 1 atom stereocenters. The Hall–Kier alpha value is -0.750. The van der Waals surface area contributed by atoms with Gasteiger partial charge in [0.2, 0.25) is 0 Å². The Morgan fingerprint density at radius 3 is 2.73 bits per heavy atom. The Morgan fingerprint density at radius 2 is 2.27 bits per heavy atom. The summed E-state index contributed by atoms with van der Waals surface area (Å²) in [5, 5.41) is 2.45. The van der Waals surface area contributed by atoms with Crippen molar-refractivity contribution in [1.82, 2.24) is 10.2 Å². The molecule has 6 heteroatoms. The maximum atomic E-state index is 12.7. The van der Waals surface area contributed by atoms with Crippen molar-refractivity contribution in [3.05, 3.63) is 0 Å². The molecule has 0 amide bonds. The standard InChI is InChI=1S/C9H16F2N2O2/c1-13(2)3-4-15-8(14)7-5-9(10,11)6-12-7/h7,12H,3-6H2,1-2H3/t7-/m0/s1. The van der Waals surface area contributed by atoms with Gasteiger partial charge >= 0.3 is 5.97 Å². The van der Waals surface area contributed by atoms with Gasteiger partial charge in [-0.1, -0.05) is 0 Å². The second-order valence-corrected chi connectivity index (χ2v) is 3.96. The molecule has 1 aliphatic heterocycles. The molecule has 0 unspecified atom stereocenters. The highest BCUT2D eigenvalue weighted by Gasteiger charge is 2.42. The molecular formula is C9H16F2N2O2. The summed E-state index contributed by atoms with van der Waals surface area (Å²) < 4.78 is 30.3. The van der Waals surface area contributed by atoms with Crippen LogP contribution < -0.4 is 5.32 Å². The molecule has 1 rings (SSSR count). The minimum Gasteiger partial charge on any atom is -0.463 e. The average molecular weight is 222 g/mol. The maximum Gasteiger partial charge on any atom is 0.323 e. The zero-order chi connectivity index (χ0) is 11.5. The van der Waals surface area contributed by atoms with Crippen LogP contribution in [-0.4, -0.2) is 56.6 Å². The van der Waals surface area contributed by atoms with Gasteiger partial charge in [0, 0.05) is 13.0 Å². The molecule has 88 valence electrons. The van der Waals surface area contributed by atoms with Crippen LogP contribution in [0.5, 0.6) is 0 Å². The minimum absolute atomic E-state index is 0.232. The van der Waals surface area contributed by atoms with Crippen LogP contribution in [0.1, 0.15) is 6.42 Å². The molecule has 1 fully saturated rings. The predicted molar refractivity (Wildman–Crippen MR) is 50.9 cm³/mol. The number of likely N-dealkylation sites (N-methyl/N-ethyl adjacent to an activating group) is 1. The van der Waals surface area contributed by atoms with Gasteiger partial charge in [-0.2, -0.15) is 0 Å². The van der Waals surface area contributed by atoms with Gasteiger partial charge < -0.3 is 9.64 Å². The van der Waals surface area contributed by atoms with E-state index in [1.54, 1.807) is 0 Å². The zero-order valence-electron chi connectivity index (χ0n) is 8.93. The molecule has 1 N–H and O–H groups in total. The topological polar surface area (TPSA) is 41.6 Å².